The predicted octanol–water partition coefficient (Wildman–Crippen LogP) is 2.29. The summed E-state index contributed by atoms with van der Waals surface area (Å²) in [5.41, 5.74) is 0.442. The number of aromatic nitrogens is 1. The number of hydrogen-bond donors (Lipinski definition) is 2. The van der Waals surface area contributed by atoms with Gasteiger partial charge in [-0.1, -0.05) is 0 Å². The fourth-order valence-electron chi connectivity index (χ4n) is 1.43. The highest BCUT2D eigenvalue weighted by atomic mass is 32.1. The zero-order chi connectivity index (χ0) is 13.8. The number of nitro groups is 1. The molecule has 100 valence electrons. The predicted molar refractivity (Wildman–Crippen MR) is 68.4 cm³/mol. The van der Waals surface area contributed by atoms with Crippen LogP contribution in [0.3, 0.4) is 0 Å². The van der Waals surface area contributed by atoms with Crippen LogP contribution in [0.1, 0.15) is 10.7 Å². The summed E-state index contributed by atoms with van der Waals surface area (Å²) in [5, 5.41) is 24.5. The van der Waals surface area contributed by atoms with Crippen molar-refractivity contribution in [2.45, 2.75) is 13.2 Å². The number of rotatable bonds is 5. The van der Waals surface area contributed by atoms with Crippen molar-refractivity contribution in [1.82, 2.24) is 4.98 Å². The second-order valence-corrected chi connectivity index (χ2v) is 4.61. The Kier molecular flexibility index (Phi) is 4.03. The number of nitrogens with zero attached hydrogens (tertiary/aromatic N) is 2. The van der Waals surface area contributed by atoms with Crippen molar-refractivity contribution in [3.05, 3.63) is 50.2 Å². The van der Waals surface area contributed by atoms with Crippen LogP contribution in [-0.2, 0) is 13.2 Å². The maximum atomic E-state index is 13.6. The summed E-state index contributed by atoms with van der Waals surface area (Å²) in [6, 6.07) is 3.41. The molecule has 0 aliphatic carbocycles. The minimum absolute atomic E-state index is 0.137. The molecule has 1 aromatic carbocycles. The molecule has 0 radical (unpaired) electrons. The molecule has 0 amide bonds. The minimum atomic E-state index is -0.687. The largest absolute Gasteiger partial charge is 0.390 e. The molecule has 0 bridgehead atoms. The third kappa shape index (κ3) is 3.24. The number of halogens is 1. The highest BCUT2D eigenvalue weighted by Crippen LogP contribution is 2.21. The number of nitrogens with one attached hydrogen (secondary N) is 1. The third-order valence-corrected chi connectivity index (χ3v) is 3.25. The number of thiazole rings is 1. The standard InChI is InChI=1S/C11H10FN3O3S/c12-9-3-8(15(17)18)1-2-10(9)13-4-11-14-7(5-16)6-19-11/h1-3,6,13,16H,4-5H2. The summed E-state index contributed by atoms with van der Waals surface area (Å²) in [6.45, 7) is 0.155. The molecule has 6 nitrogen and oxygen atoms in total. The molecule has 2 rings (SSSR count). The highest BCUT2D eigenvalue weighted by Gasteiger charge is 2.10. The molecule has 19 heavy (non-hydrogen) atoms. The van der Waals surface area contributed by atoms with Crippen LogP contribution in [-0.4, -0.2) is 15.0 Å². The monoisotopic (exact) mass is 283 g/mol. The number of benzene rings is 1. The first-order chi connectivity index (χ1) is 9.10. The van der Waals surface area contributed by atoms with E-state index in [1.54, 1.807) is 5.38 Å². The van der Waals surface area contributed by atoms with E-state index in [0.29, 0.717) is 17.2 Å². The number of hydrogen-bond acceptors (Lipinski definition) is 6. The Morgan fingerprint density at radius 1 is 1.53 bits per heavy atom. The Morgan fingerprint density at radius 2 is 2.32 bits per heavy atom. The molecule has 0 atom stereocenters. The molecule has 0 unspecified atom stereocenters. The molecule has 1 aromatic heterocycles. The van der Waals surface area contributed by atoms with Crippen molar-refractivity contribution < 1.29 is 14.4 Å². The van der Waals surface area contributed by atoms with Gasteiger partial charge in [-0.25, -0.2) is 9.37 Å². The second kappa shape index (κ2) is 5.72. The Labute approximate surface area is 111 Å². The zero-order valence-corrected chi connectivity index (χ0v) is 10.5. The number of aliphatic hydroxyl groups is 1. The van der Waals surface area contributed by atoms with E-state index in [4.69, 9.17) is 5.11 Å². The molecular formula is C11H10FN3O3S. The van der Waals surface area contributed by atoms with Gasteiger partial charge in [0.15, 0.2) is 5.82 Å². The fourth-order valence-corrected chi connectivity index (χ4v) is 2.16. The van der Waals surface area contributed by atoms with Gasteiger partial charge in [0.05, 0.1) is 35.5 Å². The number of nitro benzene ring substituents is 1. The number of non-ortho nitro benzene ring substituents is 1. The summed E-state index contributed by atoms with van der Waals surface area (Å²) >= 11 is 1.34. The summed E-state index contributed by atoms with van der Waals surface area (Å²) in [5.74, 6) is -0.687. The molecule has 8 heteroatoms. The lowest BCUT2D eigenvalue weighted by Gasteiger charge is -2.05. The first-order valence-corrected chi connectivity index (χ1v) is 6.20. The Balaban J connectivity index is 2.05. The van der Waals surface area contributed by atoms with Crippen molar-refractivity contribution >= 4 is 22.7 Å². The summed E-state index contributed by atoms with van der Waals surface area (Å²) < 4.78 is 13.6. The molecule has 0 saturated carbocycles. The maximum absolute atomic E-state index is 13.6. The Hall–Kier alpha value is -2.06. The second-order valence-electron chi connectivity index (χ2n) is 3.67. The van der Waals surface area contributed by atoms with Crippen LogP contribution in [0.5, 0.6) is 0 Å². The molecule has 2 N–H and O–H groups in total. The van der Waals surface area contributed by atoms with Crippen LogP contribution in [0.15, 0.2) is 23.6 Å². The molecule has 0 aliphatic heterocycles. The minimum Gasteiger partial charge on any atom is -0.390 e. The van der Waals surface area contributed by atoms with E-state index < -0.39 is 10.7 Å². The van der Waals surface area contributed by atoms with Crippen molar-refractivity contribution in [2.24, 2.45) is 0 Å². The summed E-state index contributed by atoms with van der Waals surface area (Å²) in [7, 11) is 0. The van der Waals surface area contributed by atoms with Crippen LogP contribution >= 0.6 is 11.3 Å². The number of anilines is 1. The van der Waals surface area contributed by atoms with E-state index in [1.807, 2.05) is 0 Å². The molecule has 0 spiro atoms. The van der Waals surface area contributed by atoms with E-state index in [1.165, 1.54) is 23.5 Å². The molecular weight excluding hydrogens is 273 g/mol. The van der Waals surface area contributed by atoms with Crippen molar-refractivity contribution in [1.29, 1.82) is 0 Å². The maximum Gasteiger partial charge on any atom is 0.272 e. The smallest absolute Gasteiger partial charge is 0.272 e. The van der Waals surface area contributed by atoms with Gasteiger partial charge in [0, 0.05) is 11.4 Å². The zero-order valence-electron chi connectivity index (χ0n) is 9.67. The van der Waals surface area contributed by atoms with E-state index in [2.05, 4.69) is 10.3 Å². The van der Waals surface area contributed by atoms with Gasteiger partial charge in [-0.15, -0.1) is 11.3 Å². The third-order valence-electron chi connectivity index (χ3n) is 2.35. The van der Waals surface area contributed by atoms with Crippen LogP contribution in [0.2, 0.25) is 0 Å². The topological polar surface area (TPSA) is 88.3 Å². The van der Waals surface area contributed by atoms with Crippen LogP contribution in [0.25, 0.3) is 0 Å². The van der Waals surface area contributed by atoms with E-state index in [-0.39, 0.29) is 18.0 Å². The lowest BCUT2D eigenvalue weighted by Crippen LogP contribution is -2.02. The highest BCUT2D eigenvalue weighted by molar-refractivity contribution is 7.09. The summed E-state index contributed by atoms with van der Waals surface area (Å²) in [6.07, 6.45) is 0. The van der Waals surface area contributed by atoms with Crippen LogP contribution in [0, 0.1) is 15.9 Å². The fraction of sp³-hybridized carbons (Fsp3) is 0.182. The normalized spacial score (nSPS) is 10.4. The Bertz CT molecular complexity index is 603. The van der Waals surface area contributed by atoms with Gasteiger partial charge >= 0.3 is 0 Å². The molecule has 0 saturated heterocycles. The van der Waals surface area contributed by atoms with Gasteiger partial charge in [0.25, 0.3) is 5.69 Å². The van der Waals surface area contributed by atoms with Gasteiger partial charge < -0.3 is 10.4 Å². The van der Waals surface area contributed by atoms with Crippen LogP contribution < -0.4 is 5.32 Å². The van der Waals surface area contributed by atoms with E-state index in [0.717, 1.165) is 6.07 Å². The average molecular weight is 283 g/mol. The van der Waals surface area contributed by atoms with Crippen molar-refractivity contribution in [3.8, 4) is 0 Å². The molecule has 0 aliphatic rings. The first kappa shape index (κ1) is 13.4. The van der Waals surface area contributed by atoms with Gasteiger partial charge in [0.1, 0.15) is 5.01 Å². The molecule has 2 aromatic rings. The van der Waals surface area contributed by atoms with Crippen LogP contribution in [0.4, 0.5) is 15.8 Å². The van der Waals surface area contributed by atoms with Gasteiger partial charge in [-0.05, 0) is 6.07 Å². The lowest BCUT2D eigenvalue weighted by molar-refractivity contribution is -0.385. The summed E-state index contributed by atoms with van der Waals surface area (Å²) in [4.78, 5) is 13.9. The van der Waals surface area contributed by atoms with Crippen molar-refractivity contribution in [3.63, 3.8) is 0 Å². The van der Waals surface area contributed by atoms with E-state index >= 15 is 0 Å². The first-order valence-electron chi connectivity index (χ1n) is 5.32. The SMILES string of the molecule is O=[N+]([O-])c1ccc(NCc2nc(CO)cs2)c(F)c1. The molecule has 0 fully saturated rings. The van der Waals surface area contributed by atoms with Gasteiger partial charge in [-0.2, -0.15) is 0 Å². The van der Waals surface area contributed by atoms with Gasteiger partial charge in [-0.3, -0.25) is 10.1 Å². The van der Waals surface area contributed by atoms with Gasteiger partial charge in [0.2, 0.25) is 0 Å². The van der Waals surface area contributed by atoms with Crippen molar-refractivity contribution in [2.75, 3.05) is 5.32 Å². The average Bonchev–Trinajstić information content (AvgIpc) is 2.85. The van der Waals surface area contributed by atoms with E-state index in [9.17, 15) is 14.5 Å². The number of aliphatic hydroxyl groups excluding tert-OH is 1. The Morgan fingerprint density at radius 3 is 2.89 bits per heavy atom. The quantitative estimate of drug-likeness (QED) is 0.649. The molecule has 1 heterocycles. The lowest BCUT2D eigenvalue weighted by atomic mass is 10.2.